The summed E-state index contributed by atoms with van der Waals surface area (Å²) < 4.78 is 5.51. The van der Waals surface area contributed by atoms with E-state index in [1.165, 1.54) is 0 Å². The topological polar surface area (TPSA) is 67.0 Å². The number of carbonyl (C=O) groups is 1. The van der Waals surface area contributed by atoms with Crippen LogP contribution in [0, 0.1) is 5.41 Å². The zero-order valence-corrected chi connectivity index (χ0v) is 11.2. The van der Waals surface area contributed by atoms with E-state index < -0.39 is 0 Å². The molecule has 2 rings (SSSR count). The third kappa shape index (κ3) is 1.92. The number of nitrogens with zero attached hydrogens (tertiary/aromatic N) is 1. The molecule has 0 bridgehead atoms. The van der Waals surface area contributed by atoms with E-state index in [2.05, 4.69) is 29.4 Å². The lowest BCUT2D eigenvalue weighted by Crippen LogP contribution is -2.64. The molecule has 2 N–H and O–H groups in total. The standard InChI is InChI=1S/C13H21N3O2/c1-4-13(5-2)10(8-11(13)18-3)15-12(17)9-6-7-14-16-9/h6-7,10-11H,4-5,8H2,1-3H3,(H,14,16)(H,15,17)/t10-,11+/m0/s1. The predicted octanol–water partition coefficient (Wildman–Crippen LogP) is 1.73. The second-order valence-corrected chi connectivity index (χ2v) is 4.90. The molecule has 2 atom stereocenters. The maximum absolute atomic E-state index is 12.0. The largest absolute Gasteiger partial charge is 0.381 e. The van der Waals surface area contributed by atoms with Gasteiger partial charge in [0.15, 0.2) is 0 Å². The SMILES string of the molecule is CCC1(CC)[C@@H](NC(=O)c2ccn[nH]2)C[C@H]1OC. The van der Waals surface area contributed by atoms with Crippen molar-refractivity contribution in [2.75, 3.05) is 7.11 Å². The van der Waals surface area contributed by atoms with Crippen molar-refractivity contribution in [1.82, 2.24) is 15.5 Å². The van der Waals surface area contributed by atoms with Crippen LogP contribution in [0.4, 0.5) is 0 Å². The number of amides is 1. The van der Waals surface area contributed by atoms with E-state index in [0.29, 0.717) is 5.69 Å². The third-order valence-corrected chi connectivity index (χ3v) is 4.44. The number of carbonyl (C=O) groups excluding carboxylic acids is 1. The number of ether oxygens (including phenoxy) is 1. The lowest BCUT2D eigenvalue weighted by molar-refractivity contribution is -0.120. The van der Waals surface area contributed by atoms with Gasteiger partial charge < -0.3 is 10.1 Å². The van der Waals surface area contributed by atoms with E-state index in [1.54, 1.807) is 19.4 Å². The Bertz CT molecular complexity index is 398. The Balaban J connectivity index is 2.04. The summed E-state index contributed by atoms with van der Waals surface area (Å²) in [6, 6.07) is 1.87. The van der Waals surface area contributed by atoms with Gasteiger partial charge in [0.25, 0.3) is 5.91 Å². The smallest absolute Gasteiger partial charge is 0.269 e. The minimum absolute atomic E-state index is 0.0738. The lowest BCUT2D eigenvalue weighted by Gasteiger charge is -2.55. The number of hydrogen-bond donors (Lipinski definition) is 2. The van der Waals surface area contributed by atoms with Crippen LogP contribution in [0.5, 0.6) is 0 Å². The molecule has 0 spiro atoms. The zero-order valence-electron chi connectivity index (χ0n) is 11.2. The molecule has 1 amide bonds. The quantitative estimate of drug-likeness (QED) is 0.837. The summed E-state index contributed by atoms with van der Waals surface area (Å²) in [6.07, 6.45) is 4.74. The molecule has 5 nitrogen and oxygen atoms in total. The molecule has 1 aromatic rings. The fourth-order valence-corrected chi connectivity index (χ4v) is 3.10. The molecule has 0 saturated heterocycles. The monoisotopic (exact) mass is 251 g/mol. The van der Waals surface area contributed by atoms with Gasteiger partial charge in [0, 0.05) is 24.8 Å². The normalized spacial score (nSPS) is 25.5. The molecular weight excluding hydrogens is 230 g/mol. The molecule has 18 heavy (non-hydrogen) atoms. The second kappa shape index (κ2) is 5.10. The number of rotatable bonds is 5. The highest BCUT2D eigenvalue weighted by atomic mass is 16.5. The van der Waals surface area contributed by atoms with Crippen molar-refractivity contribution >= 4 is 5.91 Å². The number of hydrogen-bond acceptors (Lipinski definition) is 3. The van der Waals surface area contributed by atoms with Gasteiger partial charge in [-0.3, -0.25) is 9.89 Å². The Morgan fingerprint density at radius 2 is 2.33 bits per heavy atom. The molecule has 0 aliphatic heterocycles. The third-order valence-electron chi connectivity index (χ3n) is 4.44. The minimum Gasteiger partial charge on any atom is -0.381 e. The van der Waals surface area contributed by atoms with Crippen LogP contribution in [-0.4, -0.2) is 35.4 Å². The van der Waals surface area contributed by atoms with Gasteiger partial charge in [0.05, 0.1) is 6.10 Å². The van der Waals surface area contributed by atoms with Crippen molar-refractivity contribution < 1.29 is 9.53 Å². The van der Waals surface area contributed by atoms with Gasteiger partial charge in [-0.15, -0.1) is 0 Å². The van der Waals surface area contributed by atoms with E-state index in [4.69, 9.17) is 4.74 Å². The molecular formula is C13H21N3O2. The van der Waals surface area contributed by atoms with Gasteiger partial charge in [-0.25, -0.2) is 0 Å². The summed E-state index contributed by atoms with van der Waals surface area (Å²) in [6.45, 7) is 4.31. The van der Waals surface area contributed by atoms with Gasteiger partial charge >= 0.3 is 0 Å². The maximum Gasteiger partial charge on any atom is 0.269 e. The highest BCUT2D eigenvalue weighted by molar-refractivity contribution is 5.92. The Morgan fingerprint density at radius 3 is 2.83 bits per heavy atom. The Kier molecular flexibility index (Phi) is 3.71. The van der Waals surface area contributed by atoms with Gasteiger partial charge in [-0.2, -0.15) is 5.10 Å². The van der Waals surface area contributed by atoms with Gasteiger partial charge in [0.1, 0.15) is 5.69 Å². The summed E-state index contributed by atoms with van der Waals surface area (Å²) in [5.41, 5.74) is 0.585. The summed E-state index contributed by atoms with van der Waals surface area (Å²) >= 11 is 0. The molecule has 1 heterocycles. The Hall–Kier alpha value is -1.36. The Morgan fingerprint density at radius 1 is 1.61 bits per heavy atom. The molecule has 5 heteroatoms. The van der Waals surface area contributed by atoms with E-state index in [1.807, 2.05) is 0 Å². The molecule has 0 unspecified atom stereocenters. The molecule has 1 aliphatic rings. The van der Waals surface area contributed by atoms with Gasteiger partial charge in [-0.05, 0) is 25.3 Å². The van der Waals surface area contributed by atoms with Crippen LogP contribution in [0.3, 0.4) is 0 Å². The molecule has 1 aromatic heterocycles. The molecule has 0 radical (unpaired) electrons. The molecule has 1 saturated carbocycles. The number of aromatic amines is 1. The lowest BCUT2D eigenvalue weighted by atomic mass is 9.58. The van der Waals surface area contributed by atoms with Crippen LogP contribution in [0.15, 0.2) is 12.3 Å². The number of H-pyrrole nitrogens is 1. The summed E-state index contributed by atoms with van der Waals surface area (Å²) in [5, 5.41) is 9.56. The van der Waals surface area contributed by atoms with Crippen molar-refractivity contribution in [2.45, 2.75) is 45.3 Å². The number of aromatic nitrogens is 2. The van der Waals surface area contributed by atoms with E-state index >= 15 is 0 Å². The van der Waals surface area contributed by atoms with Gasteiger partial charge in [-0.1, -0.05) is 13.8 Å². The Labute approximate surface area is 107 Å². The van der Waals surface area contributed by atoms with Crippen LogP contribution >= 0.6 is 0 Å². The summed E-state index contributed by atoms with van der Waals surface area (Å²) in [5.74, 6) is -0.0849. The molecule has 0 aromatic carbocycles. The predicted molar refractivity (Wildman–Crippen MR) is 68.3 cm³/mol. The highest BCUT2D eigenvalue weighted by Crippen LogP contribution is 2.48. The minimum atomic E-state index is -0.0849. The van der Waals surface area contributed by atoms with Crippen LogP contribution in [0.25, 0.3) is 0 Å². The fraction of sp³-hybridized carbons (Fsp3) is 0.692. The van der Waals surface area contributed by atoms with Crippen molar-refractivity contribution in [3.63, 3.8) is 0 Å². The van der Waals surface area contributed by atoms with Crippen LogP contribution in [-0.2, 0) is 4.74 Å². The van der Waals surface area contributed by atoms with E-state index in [0.717, 1.165) is 19.3 Å². The van der Waals surface area contributed by atoms with E-state index in [9.17, 15) is 4.79 Å². The van der Waals surface area contributed by atoms with Crippen molar-refractivity contribution in [2.24, 2.45) is 5.41 Å². The average Bonchev–Trinajstić information content (AvgIpc) is 2.89. The average molecular weight is 251 g/mol. The summed E-state index contributed by atoms with van der Waals surface area (Å²) in [4.78, 5) is 12.0. The first kappa shape index (κ1) is 13.1. The first-order valence-corrected chi connectivity index (χ1v) is 6.51. The van der Waals surface area contributed by atoms with Crippen LogP contribution < -0.4 is 5.32 Å². The first-order valence-electron chi connectivity index (χ1n) is 6.51. The van der Waals surface area contributed by atoms with Crippen LogP contribution in [0.1, 0.15) is 43.6 Å². The maximum atomic E-state index is 12.0. The second-order valence-electron chi connectivity index (χ2n) is 4.90. The van der Waals surface area contributed by atoms with Crippen molar-refractivity contribution in [3.8, 4) is 0 Å². The number of nitrogens with one attached hydrogen (secondary N) is 2. The van der Waals surface area contributed by atoms with Gasteiger partial charge in [0.2, 0.25) is 0 Å². The first-order chi connectivity index (χ1) is 8.67. The molecule has 1 fully saturated rings. The molecule has 100 valence electrons. The fourth-order valence-electron chi connectivity index (χ4n) is 3.10. The number of methoxy groups -OCH3 is 1. The van der Waals surface area contributed by atoms with Crippen molar-refractivity contribution in [3.05, 3.63) is 18.0 Å². The highest BCUT2D eigenvalue weighted by Gasteiger charge is 2.53. The molecule has 1 aliphatic carbocycles. The van der Waals surface area contributed by atoms with Crippen molar-refractivity contribution in [1.29, 1.82) is 0 Å². The summed E-state index contributed by atoms with van der Waals surface area (Å²) in [7, 11) is 1.75. The zero-order chi connectivity index (χ0) is 13.2. The van der Waals surface area contributed by atoms with Crippen LogP contribution in [0.2, 0.25) is 0 Å². The van der Waals surface area contributed by atoms with E-state index in [-0.39, 0.29) is 23.5 Å².